The van der Waals surface area contributed by atoms with Crippen molar-refractivity contribution in [3.8, 4) is 0 Å². The van der Waals surface area contributed by atoms with Crippen molar-refractivity contribution in [1.29, 1.82) is 0 Å². The van der Waals surface area contributed by atoms with Crippen LogP contribution in [0, 0.1) is 0 Å². The number of nitrogens with zero attached hydrogens (tertiary/aromatic N) is 2. The van der Waals surface area contributed by atoms with Crippen LogP contribution in [0.2, 0.25) is 0 Å². The second-order valence-corrected chi connectivity index (χ2v) is 4.07. The zero-order valence-corrected chi connectivity index (χ0v) is 9.14. The molecule has 2 heterocycles. The van der Waals surface area contributed by atoms with Gasteiger partial charge in [0.25, 0.3) is 0 Å². The second kappa shape index (κ2) is 4.06. The molecule has 0 saturated carbocycles. The summed E-state index contributed by atoms with van der Waals surface area (Å²) in [4.78, 5) is 15.0. The summed E-state index contributed by atoms with van der Waals surface area (Å²) in [5, 5.41) is 0. The predicted molar refractivity (Wildman–Crippen MR) is 58.4 cm³/mol. The van der Waals surface area contributed by atoms with Crippen molar-refractivity contribution in [2.45, 2.75) is 13.0 Å². The molecule has 0 aliphatic carbocycles. The maximum atomic E-state index is 10.5. The van der Waals surface area contributed by atoms with Crippen LogP contribution in [0.4, 0.5) is 5.88 Å². The largest absolute Gasteiger partial charge is 0.438 e. The molecule has 0 amide bonds. The molecule has 15 heavy (non-hydrogen) atoms. The van der Waals surface area contributed by atoms with Gasteiger partial charge < -0.3 is 14.2 Å². The molecule has 1 fully saturated rings. The Hall–Kier alpha value is -1.29. The Bertz CT molecular complexity index is 348. The zero-order chi connectivity index (χ0) is 10.8. The lowest BCUT2D eigenvalue weighted by Crippen LogP contribution is -2.50. The number of furan rings is 1. The number of piperazine rings is 1. The van der Waals surface area contributed by atoms with Gasteiger partial charge in [-0.25, -0.2) is 0 Å². The SMILES string of the molecule is CC1CN(c2ccc(C=O)o2)CCN1C. The number of carbonyl (C=O) groups is 1. The summed E-state index contributed by atoms with van der Waals surface area (Å²) in [6.45, 7) is 5.11. The van der Waals surface area contributed by atoms with Crippen LogP contribution in [0.25, 0.3) is 0 Å². The first-order valence-corrected chi connectivity index (χ1v) is 5.21. The van der Waals surface area contributed by atoms with E-state index in [4.69, 9.17) is 4.42 Å². The van der Waals surface area contributed by atoms with Crippen molar-refractivity contribution in [3.05, 3.63) is 17.9 Å². The number of hydrogen-bond acceptors (Lipinski definition) is 4. The van der Waals surface area contributed by atoms with Gasteiger partial charge in [-0.3, -0.25) is 4.79 Å². The first-order valence-electron chi connectivity index (χ1n) is 5.21. The fourth-order valence-electron chi connectivity index (χ4n) is 1.82. The van der Waals surface area contributed by atoms with Gasteiger partial charge in [-0.05, 0) is 20.0 Å². The van der Waals surface area contributed by atoms with Gasteiger partial charge in [0.05, 0.1) is 0 Å². The predicted octanol–water partition coefficient (Wildman–Crippen LogP) is 1.23. The number of hydrogen-bond donors (Lipinski definition) is 0. The zero-order valence-electron chi connectivity index (χ0n) is 9.14. The van der Waals surface area contributed by atoms with Crippen LogP contribution in [-0.2, 0) is 0 Å². The van der Waals surface area contributed by atoms with Crippen molar-refractivity contribution in [1.82, 2.24) is 4.90 Å². The van der Waals surface area contributed by atoms with Gasteiger partial charge >= 0.3 is 0 Å². The van der Waals surface area contributed by atoms with E-state index in [0.29, 0.717) is 11.8 Å². The number of carbonyl (C=O) groups excluding carboxylic acids is 1. The lowest BCUT2D eigenvalue weighted by Gasteiger charge is -2.37. The highest BCUT2D eigenvalue weighted by atomic mass is 16.4. The van der Waals surface area contributed by atoms with E-state index in [1.165, 1.54) is 0 Å². The number of anilines is 1. The van der Waals surface area contributed by atoms with Crippen LogP contribution in [0.15, 0.2) is 16.5 Å². The second-order valence-electron chi connectivity index (χ2n) is 4.07. The molecule has 1 unspecified atom stereocenters. The van der Waals surface area contributed by atoms with Crippen LogP contribution in [0.1, 0.15) is 17.5 Å². The van der Waals surface area contributed by atoms with Gasteiger partial charge in [-0.2, -0.15) is 0 Å². The Labute approximate surface area is 89.5 Å². The standard InChI is InChI=1S/C11H16N2O2/c1-9-7-13(6-5-12(9)2)11-4-3-10(8-14)15-11/h3-4,8-9H,5-7H2,1-2H3. The highest BCUT2D eigenvalue weighted by Crippen LogP contribution is 2.20. The highest BCUT2D eigenvalue weighted by Gasteiger charge is 2.22. The molecule has 1 aromatic heterocycles. The molecule has 4 nitrogen and oxygen atoms in total. The van der Waals surface area contributed by atoms with Crippen LogP contribution >= 0.6 is 0 Å². The molecule has 0 spiro atoms. The number of likely N-dealkylation sites (N-methyl/N-ethyl adjacent to an activating group) is 1. The monoisotopic (exact) mass is 208 g/mol. The summed E-state index contributed by atoms with van der Waals surface area (Å²) in [5.74, 6) is 1.20. The third kappa shape index (κ3) is 2.04. The Morgan fingerprint density at radius 1 is 1.47 bits per heavy atom. The third-order valence-electron chi connectivity index (χ3n) is 3.00. The molecule has 1 atom stereocenters. The van der Waals surface area contributed by atoms with E-state index in [-0.39, 0.29) is 0 Å². The van der Waals surface area contributed by atoms with Crippen molar-refractivity contribution < 1.29 is 9.21 Å². The molecular formula is C11H16N2O2. The summed E-state index contributed by atoms with van der Waals surface area (Å²) in [7, 11) is 2.13. The highest BCUT2D eigenvalue weighted by molar-refractivity contribution is 5.71. The maximum Gasteiger partial charge on any atom is 0.196 e. The summed E-state index contributed by atoms with van der Waals surface area (Å²) < 4.78 is 5.40. The Morgan fingerprint density at radius 2 is 2.27 bits per heavy atom. The quantitative estimate of drug-likeness (QED) is 0.685. The summed E-state index contributed by atoms with van der Waals surface area (Å²) in [6.07, 6.45) is 0.739. The smallest absolute Gasteiger partial charge is 0.196 e. The Morgan fingerprint density at radius 3 is 2.87 bits per heavy atom. The van der Waals surface area contributed by atoms with E-state index in [1.807, 2.05) is 6.07 Å². The van der Waals surface area contributed by atoms with Crippen molar-refractivity contribution >= 4 is 12.2 Å². The molecule has 0 bridgehead atoms. The number of rotatable bonds is 2. The van der Waals surface area contributed by atoms with Crippen LogP contribution in [-0.4, -0.2) is 43.9 Å². The minimum Gasteiger partial charge on any atom is -0.438 e. The van der Waals surface area contributed by atoms with Gasteiger partial charge in [0.2, 0.25) is 0 Å². The Kier molecular flexibility index (Phi) is 2.77. The molecule has 1 aromatic rings. The van der Waals surface area contributed by atoms with E-state index in [2.05, 4.69) is 23.8 Å². The molecule has 4 heteroatoms. The van der Waals surface area contributed by atoms with E-state index < -0.39 is 0 Å². The number of aldehydes is 1. The van der Waals surface area contributed by atoms with Crippen LogP contribution < -0.4 is 4.90 Å². The molecule has 1 saturated heterocycles. The van der Waals surface area contributed by atoms with Crippen LogP contribution in [0.3, 0.4) is 0 Å². The average Bonchev–Trinajstić information content (AvgIpc) is 2.70. The first-order chi connectivity index (χ1) is 7.20. The summed E-state index contributed by atoms with van der Waals surface area (Å²) >= 11 is 0. The molecule has 2 rings (SSSR count). The normalized spacial score (nSPS) is 23.1. The van der Waals surface area contributed by atoms with Crippen molar-refractivity contribution in [3.63, 3.8) is 0 Å². The fraction of sp³-hybridized carbons (Fsp3) is 0.545. The van der Waals surface area contributed by atoms with E-state index in [1.54, 1.807) is 6.07 Å². The van der Waals surface area contributed by atoms with Crippen LogP contribution in [0.5, 0.6) is 0 Å². The van der Waals surface area contributed by atoms with Gasteiger partial charge in [-0.1, -0.05) is 0 Å². The van der Waals surface area contributed by atoms with E-state index in [9.17, 15) is 4.79 Å². The molecule has 82 valence electrons. The maximum absolute atomic E-state index is 10.5. The van der Waals surface area contributed by atoms with Gasteiger partial charge in [-0.15, -0.1) is 0 Å². The minimum atomic E-state index is 0.400. The molecule has 1 aliphatic heterocycles. The molecule has 0 aromatic carbocycles. The van der Waals surface area contributed by atoms with Crippen molar-refractivity contribution in [2.24, 2.45) is 0 Å². The lowest BCUT2D eigenvalue weighted by atomic mass is 10.2. The van der Waals surface area contributed by atoms with E-state index >= 15 is 0 Å². The topological polar surface area (TPSA) is 36.7 Å². The first kappa shape index (κ1) is 10.2. The summed E-state index contributed by atoms with van der Waals surface area (Å²) in [5.41, 5.74) is 0. The van der Waals surface area contributed by atoms with Gasteiger partial charge in [0.1, 0.15) is 0 Å². The van der Waals surface area contributed by atoms with E-state index in [0.717, 1.165) is 31.8 Å². The molecule has 1 aliphatic rings. The molecular weight excluding hydrogens is 192 g/mol. The van der Waals surface area contributed by atoms with Gasteiger partial charge in [0, 0.05) is 31.7 Å². The minimum absolute atomic E-state index is 0.400. The lowest BCUT2D eigenvalue weighted by molar-refractivity contribution is 0.110. The van der Waals surface area contributed by atoms with Crippen molar-refractivity contribution in [2.75, 3.05) is 31.6 Å². The fourth-order valence-corrected chi connectivity index (χ4v) is 1.82. The summed E-state index contributed by atoms with van der Waals surface area (Å²) in [6, 6.07) is 4.09. The molecule has 0 radical (unpaired) electrons. The Balaban J connectivity index is 2.08. The van der Waals surface area contributed by atoms with Gasteiger partial charge in [0.15, 0.2) is 17.9 Å². The average molecular weight is 208 g/mol. The molecule has 0 N–H and O–H groups in total. The third-order valence-corrected chi connectivity index (χ3v) is 3.00.